The van der Waals surface area contributed by atoms with Crippen LogP contribution in [-0.4, -0.2) is 34.3 Å². The fraction of sp³-hybridized carbons (Fsp3) is 0.468. The summed E-state index contributed by atoms with van der Waals surface area (Å²) in [6.07, 6.45) is 26.2. The van der Waals surface area contributed by atoms with Crippen molar-refractivity contribution in [3.63, 3.8) is 0 Å². The summed E-state index contributed by atoms with van der Waals surface area (Å²) in [7, 11) is 0. The number of aliphatic hydroxyl groups excluding tert-OH is 2. The molecule has 1 aromatic rings. The number of rotatable bonds is 15. The van der Waals surface area contributed by atoms with Crippen LogP contribution in [-0.2, 0) is 16.1 Å². The third-order valence-corrected chi connectivity index (χ3v) is 10.3. The normalized spacial score (nSPS) is 24.3. The highest BCUT2D eigenvalue weighted by Crippen LogP contribution is 2.42. The molecule has 0 saturated heterocycles. The number of aliphatic hydroxyl groups is 2. The molecular weight excluding hydrogens is 629 g/mol. The summed E-state index contributed by atoms with van der Waals surface area (Å²) in [6, 6.07) is 10.0. The Morgan fingerprint density at radius 1 is 0.863 bits per heavy atom. The van der Waals surface area contributed by atoms with Crippen LogP contribution in [0, 0.1) is 16.7 Å². The molecule has 4 nitrogen and oxygen atoms in total. The second kappa shape index (κ2) is 19.3. The first-order valence-corrected chi connectivity index (χ1v) is 18.7. The fourth-order valence-electron chi connectivity index (χ4n) is 7.08. The molecule has 0 bridgehead atoms. The van der Waals surface area contributed by atoms with Gasteiger partial charge in [-0.2, -0.15) is 0 Å². The van der Waals surface area contributed by atoms with Crippen LogP contribution in [0.1, 0.15) is 107 Å². The van der Waals surface area contributed by atoms with Gasteiger partial charge in [-0.1, -0.05) is 149 Å². The summed E-state index contributed by atoms with van der Waals surface area (Å²) in [5.74, 6) is 0.465. The van der Waals surface area contributed by atoms with Gasteiger partial charge < -0.3 is 14.9 Å². The molecule has 0 fully saturated rings. The van der Waals surface area contributed by atoms with E-state index in [9.17, 15) is 15.0 Å². The van der Waals surface area contributed by atoms with Crippen molar-refractivity contribution in [3.8, 4) is 0 Å². The minimum atomic E-state index is -0.793. The number of Topliss-reactive ketones (excluding diaryl/α,β-unsaturated/α-hetero) is 1. The fourth-order valence-corrected chi connectivity index (χ4v) is 7.08. The lowest BCUT2D eigenvalue weighted by molar-refractivity contribution is -0.130. The lowest BCUT2D eigenvalue weighted by Gasteiger charge is -2.38. The van der Waals surface area contributed by atoms with Gasteiger partial charge in [0.2, 0.25) is 0 Å². The molecule has 0 radical (unpaired) electrons. The molecule has 4 unspecified atom stereocenters. The number of unbranched alkanes of at least 4 members (excludes halogenated alkanes) is 1. The Morgan fingerprint density at radius 2 is 1.49 bits per heavy atom. The minimum absolute atomic E-state index is 0.104. The number of benzene rings is 1. The molecule has 2 aliphatic rings. The van der Waals surface area contributed by atoms with Gasteiger partial charge in [-0.3, -0.25) is 4.79 Å². The molecular formula is C47H64O4. The predicted octanol–water partition coefficient (Wildman–Crippen LogP) is 11.2. The highest BCUT2D eigenvalue weighted by Gasteiger charge is 2.39. The van der Waals surface area contributed by atoms with E-state index in [1.54, 1.807) is 0 Å². The molecule has 4 heteroatoms. The van der Waals surface area contributed by atoms with Crippen LogP contribution in [0.4, 0.5) is 0 Å². The molecule has 0 amide bonds. The number of ketones is 1. The Balaban J connectivity index is 1.45. The first-order chi connectivity index (χ1) is 24.0. The third-order valence-electron chi connectivity index (χ3n) is 10.3. The summed E-state index contributed by atoms with van der Waals surface area (Å²) in [5, 5.41) is 20.5. The Hall–Kier alpha value is -3.57. The van der Waals surface area contributed by atoms with E-state index in [1.165, 1.54) is 11.1 Å². The van der Waals surface area contributed by atoms with Crippen LogP contribution in [0.3, 0.4) is 0 Å². The van der Waals surface area contributed by atoms with Crippen molar-refractivity contribution < 1.29 is 19.7 Å². The molecule has 2 aliphatic carbocycles. The zero-order chi connectivity index (χ0) is 37.8. The standard InChI is InChI=1S/C47H64O4/c1-33(20-16-22-35(3)26-28-40-37(5)44(49)42(48)30-46(40,7)8)18-14-15-19-34(2)21-17-23-36(4)27-29-41-38(6)45(50)43(31-47(41,9)10)51-32-39-24-12-11-13-25-39/h11-13,16-22,24-29,36,42-44,48-49H,14-15,23,30-32H2,1-10H3/b20-16+,21-17+,28-26+,29-27+,33-18+,34-19+,35-22+. The third kappa shape index (κ3) is 12.9. The monoisotopic (exact) mass is 692 g/mol. The van der Waals surface area contributed by atoms with Crippen molar-refractivity contribution in [2.24, 2.45) is 16.7 Å². The summed E-state index contributed by atoms with van der Waals surface area (Å²) >= 11 is 0. The maximum absolute atomic E-state index is 13.2. The topological polar surface area (TPSA) is 66.8 Å². The van der Waals surface area contributed by atoms with Crippen LogP contribution >= 0.6 is 0 Å². The van der Waals surface area contributed by atoms with Gasteiger partial charge >= 0.3 is 0 Å². The van der Waals surface area contributed by atoms with E-state index >= 15 is 0 Å². The van der Waals surface area contributed by atoms with Crippen molar-refractivity contribution in [1.29, 1.82) is 0 Å². The highest BCUT2D eigenvalue weighted by atomic mass is 16.5. The largest absolute Gasteiger partial charge is 0.390 e. The van der Waals surface area contributed by atoms with Gasteiger partial charge in [-0.25, -0.2) is 0 Å². The quantitative estimate of drug-likeness (QED) is 0.142. The van der Waals surface area contributed by atoms with Gasteiger partial charge in [0.25, 0.3) is 0 Å². The average molecular weight is 693 g/mol. The van der Waals surface area contributed by atoms with E-state index in [0.717, 1.165) is 52.7 Å². The van der Waals surface area contributed by atoms with Gasteiger partial charge in [-0.15, -0.1) is 0 Å². The molecule has 4 atom stereocenters. The molecule has 0 aromatic heterocycles. The Labute approximate surface area is 309 Å². The zero-order valence-electron chi connectivity index (χ0n) is 33.0. The minimum Gasteiger partial charge on any atom is -0.390 e. The SMILES string of the molecule is CC1=C(/C=C/C(C)C/C=C/C(C)=C/CC/C=C(C)/C=C/C=C(C)/C=C/C2=C(C)C(O)C(O)CC2(C)C)C(C)(C)CC(OCc2ccccc2)C1=O. The van der Waals surface area contributed by atoms with Crippen molar-refractivity contribution in [1.82, 2.24) is 0 Å². The first-order valence-electron chi connectivity index (χ1n) is 18.7. The van der Waals surface area contributed by atoms with E-state index in [4.69, 9.17) is 4.74 Å². The highest BCUT2D eigenvalue weighted by molar-refractivity contribution is 6.00. The summed E-state index contributed by atoms with van der Waals surface area (Å²) in [4.78, 5) is 13.2. The van der Waals surface area contributed by atoms with E-state index in [2.05, 4.69) is 122 Å². The van der Waals surface area contributed by atoms with Crippen LogP contribution < -0.4 is 0 Å². The van der Waals surface area contributed by atoms with E-state index in [1.807, 2.05) is 44.2 Å². The maximum atomic E-state index is 13.2. The van der Waals surface area contributed by atoms with Gasteiger partial charge in [0, 0.05) is 0 Å². The number of carbonyl (C=O) groups excluding carboxylic acids is 1. The first kappa shape index (κ1) is 41.8. The second-order valence-electron chi connectivity index (χ2n) is 16.0. The van der Waals surface area contributed by atoms with Crippen molar-refractivity contribution in [2.75, 3.05) is 0 Å². The Kier molecular flexibility index (Phi) is 15.9. The van der Waals surface area contributed by atoms with E-state index in [-0.39, 0.29) is 16.6 Å². The number of ether oxygens (including phenoxy) is 1. The number of hydrogen-bond acceptors (Lipinski definition) is 4. The summed E-state index contributed by atoms with van der Waals surface area (Å²) in [5.41, 5.74) is 8.30. The lowest BCUT2D eigenvalue weighted by Crippen LogP contribution is -2.38. The molecule has 0 spiro atoms. The number of allylic oxidation sites excluding steroid dienone is 16. The van der Waals surface area contributed by atoms with Crippen molar-refractivity contribution in [2.45, 2.75) is 126 Å². The van der Waals surface area contributed by atoms with E-state index < -0.39 is 18.3 Å². The Bertz CT molecular complexity index is 1620. The molecule has 276 valence electrons. The van der Waals surface area contributed by atoms with Gasteiger partial charge in [0.05, 0.1) is 12.7 Å². The molecule has 51 heavy (non-hydrogen) atoms. The second-order valence-corrected chi connectivity index (χ2v) is 16.0. The number of carbonyl (C=O) groups is 1. The molecule has 0 saturated carbocycles. The van der Waals surface area contributed by atoms with Gasteiger partial charge in [-0.05, 0) is 111 Å². The summed E-state index contributed by atoms with van der Waals surface area (Å²) < 4.78 is 6.10. The van der Waals surface area contributed by atoms with Crippen LogP contribution in [0.25, 0.3) is 0 Å². The van der Waals surface area contributed by atoms with E-state index in [0.29, 0.717) is 25.4 Å². The Morgan fingerprint density at radius 3 is 2.16 bits per heavy atom. The molecule has 2 N–H and O–H groups in total. The van der Waals surface area contributed by atoms with Crippen LogP contribution in [0.5, 0.6) is 0 Å². The maximum Gasteiger partial charge on any atom is 0.187 e. The van der Waals surface area contributed by atoms with Gasteiger partial charge in [0.15, 0.2) is 5.78 Å². The number of hydrogen-bond donors (Lipinski definition) is 2. The molecule has 0 heterocycles. The smallest absolute Gasteiger partial charge is 0.187 e. The lowest BCUT2D eigenvalue weighted by atomic mass is 9.70. The van der Waals surface area contributed by atoms with Gasteiger partial charge in [0.1, 0.15) is 12.2 Å². The summed E-state index contributed by atoms with van der Waals surface area (Å²) in [6.45, 7) is 21.6. The van der Waals surface area contributed by atoms with Crippen molar-refractivity contribution in [3.05, 3.63) is 142 Å². The van der Waals surface area contributed by atoms with Crippen molar-refractivity contribution >= 4 is 5.78 Å². The van der Waals surface area contributed by atoms with Crippen LogP contribution in [0.2, 0.25) is 0 Å². The van der Waals surface area contributed by atoms with Crippen LogP contribution in [0.15, 0.2) is 136 Å². The zero-order valence-corrected chi connectivity index (χ0v) is 33.0. The predicted molar refractivity (Wildman–Crippen MR) is 215 cm³/mol. The molecule has 1 aromatic carbocycles. The molecule has 3 rings (SSSR count). The average Bonchev–Trinajstić information content (AvgIpc) is 3.06. The molecule has 0 aliphatic heterocycles.